The van der Waals surface area contributed by atoms with Crippen LogP contribution < -0.4 is 15.7 Å². The number of hydrogen-bond donors (Lipinski definition) is 1. The van der Waals surface area contributed by atoms with Gasteiger partial charge in [0, 0.05) is 17.5 Å². The molecule has 1 N–H and O–H groups in total. The molecule has 0 unspecified atom stereocenters. The molecule has 0 saturated heterocycles. The maximum Gasteiger partial charge on any atom is 0.336 e. The van der Waals surface area contributed by atoms with Crippen molar-refractivity contribution in [2.45, 2.75) is 33.2 Å². The Morgan fingerprint density at radius 2 is 1.79 bits per heavy atom. The molecular weight excluding hydrogens is 354 g/mol. The molecule has 1 amide bonds. The van der Waals surface area contributed by atoms with Crippen LogP contribution in [0.2, 0.25) is 0 Å². The van der Waals surface area contributed by atoms with E-state index in [1.807, 2.05) is 0 Å². The van der Waals surface area contributed by atoms with Gasteiger partial charge in [0.2, 0.25) is 0 Å². The molecule has 0 radical (unpaired) electrons. The van der Waals surface area contributed by atoms with Gasteiger partial charge < -0.3 is 14.5 Å². The lowest BCUT2D eigenvalue weighted by molar-refractivity contribution is -0.124. The predicted molar refractivity (Wildman–Crippen MR) is 110 cm³/mol. The van der Waals surface area contributed by atoms with Gasteiger partial charge >= 0.3 is 5.63 Å². The second-order valence-electron chi connectivity index (χ2n) is 7.13. The summed E-state index contributed by atoms with van der Waals surface area (Å²) in [6.45, 7) is 6.15. The van der Waals surface area contributed by atoms with Crippen LogP contribution in [0.3, 0.4) is 0 Å². The molecule has 146 valence electrons. The first-order valence-electron chi connectivity index (χ1n) is 9.51. The number of aryl methyl sites for hydroxylation is 1. The van der Waals surface area contributed by atoms with E-state index in [2.05, 4.69) is 50.4 Å². The van der Waals surface area contributed by atoms with E-state index < -0.39 is 5.63 Å². The Bertz CT molecular complexity index is 1010. The summed E-state index contributed by atoms with van der Waals surface area (Å²) in [6.07, 6.45) is 0.985. The number of benzene rings is 2. The van der Waals surface area contributed by atoms with Crippen molar-refractivity contribution in [3.05, 3.63) is 76.1 Å². The smallest absolute Gasteiger partial charge is 0.336 e. The van der Waals surface area contributed by atoms with Gasteiger partial charge in [-0.2, -0.15) is 0 Å². The van der Waals surface area contributed by atoms with Gasteiger partial charge in [-0.25, -0.2) is 4.79 Å². The second-order valence-corrected chi connectivity index (χ2v) is 7.13. The van der Waals surface area contributed by atoms with Crippen molar-refractivity contribution in [2.75, 3.05) is 6.61 Å². The highest BCUT2D eigenvalue weighted by molar-refractivity contribution is 5.79. The number of ether oxygens (including phenoxy) is 1. The highest BCUT2D eigenvalue weighted by Gasteiger charge is 2.18. The van der Waals surface area contributed by atoms with Gasteiger partial charge in [-0.15, -0.1) is 0 Å². The summed E-state index contributed by atoms with van der Waals surface area (Å²) in [5.74, 6) is 0.518. The summed E-state index contributed by atoms with van der Waals surface area (Å²) in [5.41, 5.74) is 2.36. The maximum atomic E-state index is 12.4. The quantitative estimate of drug-likeness (QED) is 0.623. The zero-order chi connectivity index (χ0) is 20.1. The molecule has 0 aliphatic carbocycles. The molecule has 5 nitrogen and oxygen atoms in total. The van der Waals surface area contributed by atoms with Crippen molar-refractivity contribution in [1.82, 2.24) is 5.32 Å². The van der Waals surface area contributed by atoms with E-state index in [1.165, 1.54) is 11.6 Å². The zero-order valence-corrected chi connectivity index (χ0v) is 16.4. The average molecular weight is 379 g/mol. The van der Waals surface area contributed by atoms with Crippen molar-refractivity contribution in [1.29, 1.82) is 0 Å². The van der Waals surface area contributed by atoms with Crippen LogP contribution in [-0.2, 0) is 11.2 Å². The Labute approximate surface area is 164 Å². The molecule has 5 heteroatoms. The first kappa shape index (κ1) is 19.7. The fourth-order valence-electron chi connectivity index (χ4n) is 3.09. The Hall–Kier alpha value is -3.08. The minimum atomic E-state index is -0.420. The topological polar surface area (TPSA) is 68.5 Å². The highest BCUT2D eigenvalue weighted by Crippen LogP contribution is 2.23. The summed E-state index contributed by atoms with van der Waals surface area (Å²) >= 11 is 0. The molecule has 0 bridgehead atoms. The fourth-order valence-corrected chi connectivity index (χ4v) is 3.09. The standard InChI is InChI=1S/C23H25NO4/c1-4-16-5-7-18(8-6-16)23(15(2)3)24-21(25)14-27-19-11-9-17-10-12-22(26)28-20(17)13-19/h5-13,15,23H,4,14H2,1-3H3,(H,24,25)/t23-/m1/s1. The molecule has 1 heterocycles. The van der Waals surface area contributed by atoms with Gasteiger partial charge in [-0.05, 0) is 41.7 Å². The minimum Gasteiger partial charge on any atom is -0.484 e. The van der Waals surface area contributed by atoms with Crippen molar-refractivity contribution in [3.8, 4) is 5.75 Å². The molecule has 2 aromatic carbocycles. The third kappa shape index (κ3) is 4.80. The van der Waals surface area contributed by atoms with Crippen LogP contribution in [0.5, 0.6) is 5.75 Å². The number of amides is 1. The van der Waals surface area contributed by atoms with Crippen LogP contribution in [0, 0.1) is 5.92 Å². The van der Waals surface area contributed by atoms with Gasteiger partial charge in [0.25, 0.3) is 5.91 Å². The Morgan fingerprint density at radius 3 is 2.46 bits per heavy atom. The molecule has 3 rings (SSSR count). The highest BCUT2D eigenvalue weighted by atomic mass is 16.5. The van der Waals surface area contributed by atoms with Crippen LogP contribution >= 0.6 is 0 Å². The summed E-state index contributed by atoms with van der Waals surface area (Å²) in [5, 5.41) is 3.85. The Balaban J connectivity index is 1.65. The lowest BCUT2D eigenvalue weighted by atomic mass is 9.95. The molecule has 0 aliphatic heterocycles. The van der Waals surface area contributed by atoms with E-state index >= 15 is 0 Å². The van der Waals surface area contributed by atoms with Crippen molar-refractivity contribution in [3.63, 3.8) is 0 Å². The van der Waals surface area contributed by atoms with Crippen LogP contribution in [0.15, 0.2) is 63.8 Å². The molecular formula is C23H25NO4. The Kier molecular flexibility index (Phi) is 6.14. The van der Waals surface area contributed by atoms with Crippen molar-refractivity contribution < 1.29 is 13.9 Å². The van der Waals surface area contributed by atoms with E-state index in [0.29, 0.717) is 11.3 Å². The number of nitrogens with one attached hydrogen (secondary N) is 1. The van der Waals surface area contributed by atoms with Crippen molar-refractivity contribution >= 4 is 16.9 Å². The zero-order valence-electron chi connectivity index (χ0n) is 16.4. The van der Waals surface area contributed by atoms with Crippen LogP contribution in [0.4, 0.5) is 0 Å². The molecule has 0 saturated carbocycles. The minimum absolute atomic E-state index is 0.0865. The molecule has 3 aromatic rings. The molecule has 0 aliphatic rings. The third-order valence-corrected chi connectivity index (χ3v) is 4.69. The lowest BCUT2D eigenvalue weighted by Crippen LogP contribution is -2.35. The van der Waals surface area contributed by atoms with E-state index in [-0.39, 0.29) is 24.5 Å². The van der Waals surface area contributed by atoms with E-state index in [1.54, 1.807) is 24.3 Å². The molecule has 28 heavy (non-hydrogen) atoms. The summed E-state index contributed by atoms with van der Waals surface area (Å²) in [4.78, 5) is 23.8. The number of rotatable bonds is 7. The number of carbonyl (C=O) groups is 1. The van der Waals surface area contributed by atoms with Crippen molar-refractivity contribution in [2.24, 2.45) is 5.92 Å². The van der Waals surface area contributed by atoms with E-state index in [0.717, 1.165) is 17.4 Å². The monoisotopic (exact) mass is 379 g/mol. The van der Waals surface area contributed by atoms with Gasteiger partial charge in [0.05, 0.1) is 6.04 Å². The van der Waals surface area contributed by atoms with Crippen LogP contribution in [0.25, 0.3) is 11.0 Å². The van der Waals surface area contributed by atoms with Gasteiger partial charge in [-0.1, -0.05) is 45.0 Å². The first-order chi connectivity index (χ1) is 13.5. The molecule has 1 atom stereocenters. The van der Waals surface area contributed by atoms with Gasteiger partial charge in [0.15, 0.2) is 6.61 Å². The summed E-state index contributed by atoms with van der Waals surface area (Å²) in [6, 6.07) is 16.4. The van der Waals surface area contributed by atoms with E-state index in [9.17, 15) is 9.59 Å². The molecule has 0 fully saturated rings. The molecule has 0 spiro atoms. The largest absolute Gasteiger partial charge is 0.484 e. The Morgan fingerprint density at radius 1 is 1.07 bits per heavy atom. The number of hydrogen-bond acceptors (Lipinski definition) is 4. The van der Waals surface area contributed by atoms with Gasteiger partial charge in [-0.3, -0.25) is 4.79 Å². The normalized spacial score (nSPS) is 12.1. The van der Waals surface area contributed by atoms with Crippen LogP contribution in [0.1, 0.15) is 37.9 Å². The average Bonchev–Trinajstić information content (AvgIpc) is 2.70. The van der Waals surface area contributed by atoms with Gasteiger partial charge in [0.1, 0.15) is 11.3 Å². The SMILES string of the molecule is CCc1ccc([C@H](NC(=O)COc2ccc3ccc(=O)oc3c2)C(C)C)cc1. The fraction of sp³-hybridized carbons (Fsp3) is 0.304. The second kappa shape index (κ2) is 8.74. The number of carbonyl (C=O) groups excluding carboxylic acids is 1. The first-order valence-corrected chi connectivity index (χ1v) is 9.51. The van der Waals surface area contributed by atoms with E-state index in [4.69, 9.17) is 9.15 Å². The third-order valence-electron chi connectivity index (χ3n) is 4.69. The number of fused-ring (bicyclic) bond motifs is 1. The summed E-state index contributed by atoms with van der Waals surface area (Å²) in [7, 11) is 0. The molecule has 1 aromatic heterocycles. The lowest BCUT2D eigenvalue weighted by Gasteiger charge is -2.23. The van der Waals surface area contributed by atoms with Crippen LogP contribution in [-0.4, -0.2) is 12.5 Å². The predicted octanol–water partition coefficient (Wildman–Crippen LogP) is 4.25. The summed E-state index contributed by atoms with van der Waals surface area (Å²) < 4.78 is 10.7. The maximum absolute atomic E-state index is 12.4.